The van der Waals surface area contributed by atoms with Crippen molar-refractivity contribution in [2.45, 2.75) is 0 Å². The van der Waals surface area contributed by atoms with E-state index in [-0.39, 0.29) is 11.6 Å². The van der Waals surface area contributed by atoms with Gasteiger partial charge < -0.3 is 0 Å². The van der Waals surface area contributed by atoms with E-state index >= 15 is 0 Å². The average molecular weight is 184 g/mol. The normalized spacial score (nSPS) is 10.0. The summed E-state index contributed by atoms with van der Waals surface area (Å²) in [6, 6.07) is 7.52. The molecule has 1 heterocycles. The van der Waals surface area contributed by atoms with Crippen molar-refractivity contribution in [1.82, 2.24) is 9.97 Å². The zero-order chi connectivity index (χ0) is 9.97. The van der Waals surface area contributed by atoms with Crippen LogP contribution in [-0.4, -0.2) is 15.8 Å². The summed E-state index contributed by atoms with van der Waals surface area (Å²) in [5.74, 6) is -0.0607. The van der Waals surface area contributed by atoms with E-state index in [1.54, 1.807) is 6.20 Å². The zero-order valence-electron chi connectivity index (χ0n) is 7.47. The summed E-state index contributed by atoms with van der Waals surface area (Å²) in [6.07, 6.45) is 2.85. The molecule has 3 nitrogen and oxygen atoms in total. The van der Waals surface area contributed by atoms with E-state index < -0.39 is 0 Å². The molecule has 0 saturated carbocycles. The number of allylic oxidation sites excluding steroid dienone is 1. The highest BCUT2D eigenvalue weighted by molar-refractivity contribution is 6.02. The molecule has 0 aliphatic rings. The summed E-state index contributed by atoms with van der Waals surface area (Å²) in [6.45, 7) is 3.39. The Balaban J connectivity index is 2.62. The predicted octanol–water partition coefficient (Wildman–Crippen LogP) is 2.00. The largest absolute Gasteiger partial charge is 0.286 e. The Labute approximate surface area is 81.1 Å². The molecule has 0 radical (unpaired) electrons. The molecule has 0 unspecified atom stereocenters. The van der Waals surface area contributed by atoms with E-state index in [4.69, 9.17) is 0 Å². The quantitative estimate of drug-likeness (QED) is 0.529. The summed E-state index contributed by atoms with van der Waals surface area (Å²) in [5, 5.41) is 0.924. The lowest BCUT2D eigenvalue weighted by molar-refractivity contribution is 0.103. The molecule has 0 atom stereocenters. The highest BCUT2D eigenvalue weighted by atomic mass is 16.1. The third-order valence-electron chi connectivity index (χ3n) is 1.89. The fourth-order valence-corrected chi connectivity index (χ4v) is 1.18. The van der Waals surface area contributed by atoms with Gasteiger partial charge in [-0.3, -0.25) is 4.79 Å². The molecule has 0 N–H and O–H groups in total. The van der Waals surface area contributed by atoms with Crippen molar-refractivity contribution in [2.75, 3.05) is 0 Å². The van der Waals surface area contributed by atoms with Crippen LogP contribution in [0.25, 0.3) is 10.9 Å². The van der Waals surface area contributed by atoms with Crippen LogP contribution < -0.4 is 0 Å². The van der Waals surface area contributed by atoms with E-state index in [0.717, 1.165) is 10.9 Å². The number of hydrogen-bond donors (Lipinski definition) is 0. The molecule has 0 bridgehead atoms. The maximum Gasteiger partial charge on any atom is 0.222 e. The number of nitrogens with zero attached hydrogens (tertiary/aromatic N) is 2. The van der Waals surface area contributed by atoms with E-state index in [9.17, 15) is 4.79 Å². The Kier molecular flexibility index (Phi) is 2.07. The molecule has 1 aromatic heterocycles. The monoisotopic (exact) mass is 184 g/mol. The number of hydrogen-bond acceptors (Lipinski definition) is 3. The van der Waals surface area contributed by atoms with E-state index in [1.807, 2.05) is 24.3 Å². The molecule has 0 saturated heterocycles. The topological polar surface area (TPSA) is 42.9 Å². The standard InChI is InChI=1S/C11H8N2O/c1-2-10(14)11-12-7-8-5-3-4-6-9(8)13-11/h2-7H,1H2. The summed E-state index contributed by atoms with van der Waals surface area (Å²) in [5.41, 5.74) is 0.771. The van der Waals surface area contributed by atoms with E-state index in [2.05, 4.69) is 16.5 Å². The van der Waals surface area contributed by atoms with Crippen molar-refractivity contribution in [2.24, 2.45) is 0 Å². The summed E-state index contributed by atoms with van der Waals surface area (Å²) in [7, 11) is 0. The van der Waals surface area contributed by atoms with Gasteiger partial charge in [-0.15, -0.1) is 0 Å². The first kappa shape index (κ1) is 8.56. The number of aromatic nitrogens is 2. The van der Waals surface area contributed by atoms with Gasteiger partial charge in [0.2, 0.25) is 11.6 Å². The molecular weight excluding hydrogens is 176 g/mol. The number of benzene rings is 1. The molecule has 0 fully saturated rings. The van der Waals surface area contributed by atoms with Gasteiger partial charge in [-0.25, -0.2) is 9.97 Å². The molecule has 0 spiro atoms. The second-order valence-corrected chi connectivity index (χ2v) is 2.82. The number of fused-ring (bicyclic) bond motifs is 1. The van der Waals surface area contributed by atoms with Gasteiger partial charge in [-0.05, 0) is 12.1 Å². The summed E-state index contributed by atoms with van der Waals surface area (Å²) >= 11 is 0. The van der Waals surface area contributed by atoms with Crippen LogP contribution in [0.2, 0.25) is 0 Å². The lowest BCUT2D eigenvalue weighted by atomic mass is 10.2. The molecule has 0 aliphatic heterocycles. The predicted molar refractivity (Wildman–Crippen MR) is 54.1 cm³/mol. The smallest absolute Gasteiger partial charge is 0.222 e. The molecule has 2 aromatic rings. The minimum absolute atomic E-state index is 0.193. The molecule has 0 aliphatic carbocycles. The lowest BCUT2D eigenvalue weighted by Gasteiger charge is -1.97. The number of rotatable bonds is 2. The maximum atomic E-state index is 11.2. The maximum absolute atomic E-state index is 11.2. The van der Waals surface area contributed by atoms with Crippen molar-refractivity contribution >= 4 is 16.7 Å². The van der Waals surface area contributed by atoms with Crippen LogP contribution in [0.4, 0.5) is 0 Å². The van der Waals surface area contributed by atoms with Gasteiger partial charge in [0.1, 0.15) is 0 Å². The van der Waals surface area contributed by atoms with Crippen molar-refractivity contribution in [3.8, 4) is 0 Å². The molecular formula is C11H8N2O. The first-order valence-corrected chi connectivity index (χ1v) is 4.20. The van der Waals surface area contributed by atoms with Crippen molar-refractivity contribution in [3.63, 3.8) is 0 Å². The Morgan fingerprint density at radius 3 is 2.93 bits per heavy atom. The van der Waals surface area contributed by atoms with Gasteiger partial charge in [-0.2, -0.15) is 0 Å². The molecule has 68 valence electrons. The van der Waals surface area contributed by atoms with Gasteiger partial charge in [0.15, 0.2) is 0 Å². The van der Waals surface area contributed by atoms with Gasteiger partial charge in [0.05, 0.1) is 5.52 Å². The first-order chi connectivity index (χ1) is 6.81. The van der Waals surface area contributed by atoms with Gasteiger partial charge in [0, 0.05) is 11.6 Å². The summed E-state index contributed by atoms with van der Waals surface area (Å²) < 4.78 is 0. The van der Waals surface area contributed by atoms with Crippen LogP contribution in [0, 0.1) is 0 Å². The highest BCUT2D eigenvalue weighted by Crippen LogP contribution is 2.09. The Hall–Kier alpha value is -2.03. The lowest BCUT2D eigenvalue weighted by Crippen LogP contribution is -2.01. The van der Waals surface area contributed by atoms with Crippen LogP contribution in [0.1, 0.15) is 10.6 Å². The molecule has 3 heteroatoms. The highest BCUT2D eigenvalue weighted by Gasteiger charge is 2.04. The average Bonchev–Trinajstić information content (AvgIpc) is 2.27. The minimum Gasteiger partial charge on any atom is -0.286 e. The summed E-state index contributed by atoms with van der Waals surface area (Å²) in [4.78, 5) is 19.3. The van der Waals surface area contributed by atoms with E-state index in [1.165, 1.54) is 6.08 Å². The first-order valence-electron chi connectivity index (χ1n) is 4.20. The number of carbonyl (C=O) groups is 1. The molecule has 0 amide bonds. The zero-order valence-corrected chi connectivity index (χ0v) is 7.47. The van der Waals surface area contributed by atoms with Crippen LogP contribution in [0.15, 0.2) is 43.1 Å². The van der Waals surface area contributed by atoms with E-state index in [0.29, 0.717) is 0 Å². The molecule has 2 rings (SSSR count). The number of carbonyl (C=O) groups excluding carboxylic acids is 1. The van der Waals surface area contributed by atoms with Crippen molar-refractivity contribution in [3.05, 3.63) is 48.9 Å². The minimum atomic E-state index is -0.254. The van der Waals surface area contributed by atoms with Crippen molar-refractivity contribution < 1.29 is 4.79 Å². The Morgan fingerprint density at radius 2 is 2.14 bits per heavy atom. The van der Waals surface area contributed by atoms with Crippen LogP contribution in [0.5, 0.6) is 0 Å². The second-order valence-electron chi connectivity index (χ2n) is 2.82. The van der Waals surface area contributed by atoms with Gasteiger partial charge in [0.25, 0.3) is 0 Å². The van der Waals surface area contributed by atoms with Crippen LogP contribution in [0.3, 0.4) is 0 Å². The third-order valence-corrected chi connectivity index (χ3v) is 1.89. The SMILES string of the molecule is C=CC(=O)c1ncc2ccccc2n1. The van der Waals surface area contributed by atoms with Crippen molar-refractivity contribution in [1.29, 1.82) is 0 Å². The van der Waals surface area contributed by atoms with Gasteiger partial charge >= 0.3 is 0 Å². The van der Waals surface area contributed by atoms with Crippen LogP contribution in [-0.2, 0) is 0 Å². The van der Waals surface area contributed by atoms with Gasteiger partial charge in [-0.1, -0.05) is 24.8 Å². The molecule has 1 aromatic carbocycles. The third kappa shape index (κ3) is 1.40. The number of ketones is 1. The van der Waals surface area contributed by atoms with Crippen LogP contribution >= 0.6 is 0 Å². The fourth-order valence-electron chi connectivity index (χ4n) is 1.18. The fraction of sp³-hybridized carbons (Fsp3) is 0. The Morgan fingerprint density at radius 1 is 1.36 bits per heavy atom. The molecule has 14 heavy (non-hydrogen) atoms. The second kappa shape index (κ2) is 3.38. The Bertz CT molecular complexity index is 505. The number of para-hydroxylation sites is 1.